The van der Waals surface area contributed by atoms with E-state index in [1.54, 1.807) is 7.11 Å². The van der Waals surface area contributed by atoms with E-state index in [0.717, 1.165) is 27.8 Å². The summed E-state index contributed by atoms with van der Waals surface area (Å²) in [4.78, 5) is 39.1. The van der Waals surface area contributed by atoms with E-state index in [2.05, 4.69) is 17.4 Å². The summed E-state index contributed by atoms with van der Waals surface area (Å²) in [7, 11) is 1.56. The van der Waals surface area contributed by atoms with E-state index in [1.807, 2.05) is 66.7 Å². The molecule has 1 atom stereocenters. The van der Waals surface area contributed by atoms with Crippen LogP contribution in [0, 0.1) is 0 Å². The highest BCUT2D eigenvalue weighted by Crippen LogP contribution is 2.44. The Kier molecular flexibility index (Phi) is 9.11. The number of aliphatic carboxylic acids is 1. The van der Waals surface area contributed by atoms with Crippen molar-refractivity contribution in [2.75, 3.05) is 26.9 Å². The van der Waals surface area contributed by atoms with Crippen molar-refractivity contribution in [3.8, 4) is 11.1 Å². The fourth-order valence-electron chi connectivity index (χ4n) is 4.87. The Morgan fingerprint density at radius 3 is 2.13 bits per heavy atom. The molecule has 2 amide bonds. The summed E-state index contributed by atoms with van der Waals surface area (Å²) in [5, 5.41) is 12.1. The van der Waals surface area contributed by atoms with Crippen molar-refractivity contribution < 1.29 is 29.0 Å². The predicted molar refractivity (Wildman–Crippen MR) is 143 cm³/mol. The van der Waals surface area contributed by atoms with Crippen molar-refractivity contribution in [2.24, 2.45) is 0 Å². The van der Waals surface area contributed by atoms with Crippen LogP contribution in [0.4, 0.5) is 4.79 Å². The zero-order chi connectivity index (χ0) is 26.9. The van der Waals surface area contributed by atoms with Crippen molar-refractivity contribution in [1.82, 2.24) is 10.2 Å². The summed E-state index contributed by atoms with van der Waals surface area (Å²) < 4.78 is 10.8. The maximum atomic E-state index is 13.5. The number of rotatable bonds is 12. The molecule has 0 heterocycles. The first kappa shape index (κ1) is 26.9. The number of carbonyl (C=O) groups excluding carboxylic acids is 2. The second-order valence-corrected chi connectivity index (χ2v) is 9.23. The number of nitrogens with zero attached hydrogens (tertiary/aromatic N) is 1. The lowest BCUT2D eigenvalue weighted by Gasteiger charge is -2.27. The van der Waals surface area contributed by atoms with Gasteiger partial charge in [0.2, 0.25) is 5.91 Å². The molecule has 4 rings (SSSR count). The van der Waals surface area contributed by atoms with Crippen molar-refractivity contribution in [3.05, 3.63) is 95.6 Å². The van der Waals surface area contributed by atoms with Crippen molar-refractivity contribution >= 4 is 18.0 Å². The quantitative estimate of drug-likeness (QED) is 0.345. The molecular weight excluding hydrogens is 484 g/mol. The number of amides is 2. The summed E-state index contributed by atoms with van der Waals surface area (Å²) in [5.41, 5.74) is 5.21. The molecule has 8 nitrogen and oxygen atoms in total. The van der Waals surface area contributed by atoms with Crippen LogP contribution in [0.3, 0.4) is 0 Å². The average Bonchev–Trinajstić information content (AvgIpc) is 3.24. The Hall–Kier alpha value is -4.17. The minimum absolute atomic E-state index is 0.110. The molecule has 8 heteroatoms. The number of benzene rings is 3. The van der Waals surface area contributed by atoms with Gasteiger partial charge in [-0.3, -0.25) is 9.59 Å². The molecule has 0 aliphatic heterocycles. The molecular formula is C30H32N2O6. The number of carboxylic acids is 1. The summed E-state index contributed by atoms with van der Waals surface area (Å²) in [5.74, 6) is -1.73. The van der Waals surface area contributed by atoms with Crippen LogP contribution in [-0.2, 0) is 25.6 Å². The van der Waals surface area contributed by atoms with Crippen LogP contribution in [0.1, 0.15) is 35.4 Å². The third-order valence-electron chi connectivity index (χ3n) is 6.63. The van der Waals surface area contributed by atoms with E-state index in [0.29, 0.717) is 13.0 Å². The number of carboxylic acid groups (broad SMARTS) is 1. The van der Waals surface area contributed by atoms with E-state index in [-0.39, 0.29) is 25.5 Å². The van der Waals surface area contributed by atoms with Gasteiger partial charge in [0.25, 0.3) is 0 Å². The molecule has 1 aliphatic carbocycles. The van der Waals surface area contributed by atoms with Crippen molar-refractivity contribution in [1.29, 1.82) is 0 Å². The highest BCUT2D eigenvalue weighted by Gasteiger charge is 2.31. The van der Waals surface area contributed by atoms with E-state index in [9.17, 15) is 19.5 Å². The molecule has 1 aliphatic rings. The highest BCUT2D eigenvalue weighted by atomic mass is 16.5. The topological polar surface area (TPSA) is 105 Å². The first-order valence-corrected chi connectivity index (χ1v) is 12.6. The fraction of sp³-hybridized carbons (Fsp3) is 0.300. The van der Waals surface area contributed by atoms with Gasteiger partial charge in [-0.25, -0.2) is 4.79 Å². The van der Waals surface area contributed by atoms with Crippen LogP contribution in [0.25, 0.3) is 11.1 Å². The summed E-state index contributed by atoms with van der Waals surface area (Å²) in [6.45, 7) is 0.134. The van der Waals surface area contributed by atoms with Gasteiger partial charge in [0.05, 0.1) is 0 Å². The van der Waals surface area contributed by atoms with Crippen LogP contribution >= 0.6 is 0 Å². The standard InChI is InChI=1S/C30H32N2O6/c1-37-17-9-16-27(29(35)32(19-28(33)34)18-21-10-3-2-4-11-21)31-30(36)38-20-26-24-14-7-5-12-22(24)23-13-6-8-15-25(23)26/h2-8,10-15,26-27H,9,16-20H2,1H3,(H,31,36)(H,33,34). The molecule has 0 radical (unpaired) electrons. The van der Waals surface area contributed by atoms with E-state index < -0.39 is 30.6 Å². The molecule has 0 saturated carbocycles. The second kappa shape index (κ2) is 12.9. The lowest BCUT2D eigenvalue weighted by molar-refractivity contribution is -0.145. The van der Waals surface area contributed by atoms with Crippen LogP contribution in [0.15, 0.2) is 78.9 Å². The smallest absolute Gasteiger partial charge is 0.407 e. The molecule has 3 aromatic rings. The van der Waals surface area contributed by atoms with Gasteiger partial charge in [-0.1, -0.05) is 78.9 Å². The Balaban J connectivity index is 1.46. The van der Waals surface area contributed by atoms with Gasteiger partial charge >= 0.3 is 12.1 Å². The Labute approximate surface area is 222 Å². The Morgan fingerprint density at radius 2 is 1.53 bits per heavy atom. The molecule has 3 aromatic carbocycles. The summed E-state index contributed by atoms with van der Waals surface area (Å²) in [6, 6.07) is 24.3. The number of carbonyl (C=O) groups is 3. The highest BCUT2D eigenvalue weighted by molar-refractivity contribution is 5.88. The first-order valence-electron chi connectivity index (χ1n) is 12.6. The lowest BCUT2D eigenvalue weighted by Crippen LogP contribution is -2.50. The minimum atomic E-state index is -1.13. The van der Waals surface area contributed by atoms with Gasteiger partial charge in [-0.2, -0.15) is 0 Å². The van der Waals surface area contributed by atoms with Gasteiger partial charge in [-0.05, 0) is 40.7 Å². The van der Waals surface area contributed by atoms with Crippen LogP contribution in [0.5, 0.6) is 0 Å². The largest absolute Gasteiger partial charge is 0.480 e. The van der Waals surface area contributed by atoms with Gasteiger partial charge in [0, 0.05) is 26.2 Å². The number of methoxy groups -OCH3 is 1. The van der Waals surface area contributed by atoms with Crippen LogP contribution in [0.2, 0.25) is 0 Å². The maximum Gasteiger partial charge on any atom is 0.407 e. The minimum Gasteiger partial charge on any atom is -0.480 e. The molecule has 0 fully saturated rings. The van der Waals surface area contributed by atoms with E-state index in [4.69, 9.17) is 9.47 Å². The number of hydrogen-bond acceptors (Lipinski definition) is 5. The van der Waals surface area contributed by atoms with Crippen LogP contribution in [-0.4, -0.2) is 60.9 Å². The SMILES string of the molecule is COCCCC(NC(=O)OCC1c2ccccc2-c2ccccc21)C(=O)N(CC(=O)O)Cc1ccccc1. The number of nitrogens with one attached hydrogen (secondary N) is 1. The van der Waals surface area contributed by atoms with E-state index in [1.165, 1.54) is 4.90 Å². The zero-order valence-electron chi connectivity index (χ0n) is 21.3. The van der Waals surface area contributed by atoms with Gasteiger partial charge in [-0.15, -0.1) is 0 Å². The lowest BCUT2D eigenvalue weighted by atomic mass is 9.98. The molecule has 38 heavy (non-hydrogen) atoms. The average molecular weight is 517 g/mol. The number of ether oxygens (including phenoxy) is 2. The number of alkyl carbamates (subject to hydrolysis) is 1. The first-order chi connectivity index (χ1) is 18.5. The molecule has 198 valence electrons. The molecule has 1 unspecified atom stereocenters. The second-order valence-electron chi connectivity index (χ2n) is 9.23. The zero-order valence-corrected chi connectivity index (χ0v) is 21.3. The third kappa shape index (κ3) is 6.58. The van der Waals surface area contributed by atoms with Crippen LogP contribution < -0.4 is 5.32 Å². The molecule has 0 spiro atoms. The predicted octanol–water partition coefficient (Wildman–Crippen LogP) is 4.43. The third-order valence-corrected chi connectivity index (χ3v) is 6.63. The van der Waals surface area contributed by atoms with Gasteiger partial charge in [0.15, 0.2) is 0 Å². The van der Waals surface area contributed by atoms with Crippen molar-refractivity contribution in [2.45, 2.75) is 31.3 Å². The summed E-state index contributed by atoms with van der Waals surface area (Å²) in [6.07, 6.45) is 0.0579. The summed E-state index contributed by atoms with van der Waals surface area (Å²) >= 11 is 0. The fourth-order valence-corrected chi connectivity index (χ4v) is 4.87. The molecule has 0 aromatic heterocycles. The maximum absolute atomic E-state index is 13.5. The normalized spacial score (nSPS) is 12.8. The van der Waals surface area contributed by atoms with Gasteiger partial charge in [0.1, 0.15) is 19.2 Å². The molecule has 0 bridgehead atoms. The van der Waals surface area contributed by atoms with Crippen molar-refractivity contribution in [3.63, 3.8) is 0 Å². The Morgan fingerprint density at radius 1 is 0.921 bits per heavy atom. The molecule has 0 saturated heterocycles. The van der Waals surface area contributed by atoms with Gasteiger partial charge < -0.3 is 24.8 Å². The number of fused-ring (bicyclic) bond motifs is 3. The number of hydrogen-bond donors (Lipinski definition) is 2. The molecule has 2 N–H and O–H groups in total. The monoisotopic (exact) mass is 516 g/mol. The van der Waals surface area contributed by atoms with E-state index >= 15 is 0 Å². The Bertz CT molecular complexity index is 1220.